The van der Waals surface area contributed by atoms with Crippen LogP contribution >= 0.6 is 0 Å². The molecule has 4 rings (SSSR count). The van der Waals surface area contributed by atoms with E-state index in [1.54, 1.807) is 39.8 Å². The molecule has 0 amide bonds. The van der Waals surface area contributed by atoms with E-state index in [2.05, 4.69) is 0 Å². The summed E-state index contributed by atoms with van der Waals surface area (Å²) in [7, 11) is 2.51. The predicted molar refractivity (Wildman–Crippen MR) is 199 cm³/mol. The summed E-state index contributed by atoms with van der Waals surface area (Å²) in [6.45, 7) is 10.2. The third-order valence-corrected chi connectivity index (χ3v) is 11.6. The highest BCUT2D eigenvalue weighted by Gasteiger charge is 2.58. The standard InChI is InChI=1S/C41H62O15/c1-9-10-34(44)54-33-21-30-18-27(43)19-37(47)53-32(24(2)42)20-29-15-26(17-36(46)51-8)22-40(48,55-29)38(3,4)12-11-28-13-25(16-35(45)50-7)14-31(52-28)23-41(49,56-30)39(33,5)6/h11-12,16-17,24,27-33,42-43,48-49H,9-10,13-15,18-23H2,1-8H3/b12-11+,25-16-,26-17-/t24-,27-,28+,29+,30-,31+,32-,33+,40-,41+/m1/s1. The molecule has 0 radical (unpaired) electrons. The van der Waals surface area contributed by atoms with Crippen LogP contribution in [0.15, 0.2) is 35.5 Å². The normalized spacial score (nSPS) is 37.7. The molecule has 56 heavy (non-hydrogen) atoms. The molecule has 15 heteroatoms. The number of cyclic esters (lactones) is 1. The molecule has 0 spiro atoms. The van der Waals surface area contributed by atoms with Crippen molar-refractivity contribution in [3.63, 3.8) is 0 Å². The SMILES string of the molecule is CCCC(=O)O[C@H]1C[C@H]2C[C@@H](O)CC(=O)O[C@@H]([C@@H](C)O)C[C@@H]3C/C(=C/C(=O)OC)C[C@@](O)(O3)C(C)(C)/C=C/[C@H]3C/C(=C/C(=O)OC)C[C@@H](C[C@](O)(O2)C1(C)C)O3. The number of carbonyl (C=O) groups excluding carboxylic acids is 4. The van der Waals surface area contributed by atoms with Gasteiger partial charge >= 0.3 is 23.9 Å². The topological polar surface area (TPSA) is 214 Å². The van der Waals surface area contributed by atoms with Crippen LogP contribution in [0.1, 0.15) is 112 Å². The van der Waals surface area contributed by atoms with Gasteiger partial charge in [0, 0.05) is 56.1 Å². The molecule has 0 unspecified atom stereocenters. The molecule has 3 fully saturated rings. The lowest BCUT2D eigenvalue weighted by molar-refractivity contribution is -0.348. The molecule has 0 aromatic rings. The minimum atomic E-state index is -1.99. The van der Waals surface area contributed by atoms with Gasteiger partial charge in [0.25, 0.3) is 0 Å². The molecular formula is C41H62O15. The molecule has 0 aromatic heterocycles. The van der Waals surface area contributed by atoms with Crippen LogP contribution in [0.3, 0.4) is 0 Å². The lowest BCUT2D eigenvalue weighted by atomic mass is 9.70. The summed E-state index contributed by atoms with van der Waals surface area (Å²) in [5.41, 5.74) is -1.15. The van der Waals surface area contributed by atoms with Crippen LogP contribution in [-0.2, 0) is 52.3 Å². The second-order valence-corrected chi connectivity index (χ2v) is 16.9. The Bertz CT molecular complexity index is 1510. The van der Waals surface area contributed by atoms with E-state index in [1.807, 2.05) is 6.92 Å². The highest BCUT2D eigenvalue weighted by molar-refractivity contribution is 5.83. The fraction of sp³-hybridized carbons (Fsp3) is 0.756. The van der Waals surface area contributed by atoms with E-state index in [1.165, 1.54) is 33.3 Å². The largest absolute Gasteiger partial charge is 0.466 e. The number of aliphatic hydroxyl groups is 4. The van der Waals surface area contributed by atoms with Crippen LogP contribution in [0.4, 0.5) is 0 Å². The number of hydrogen-bond acceptors (Lipinski definition) is 15. The number of rotatable bonds is 6. The van der Waals surface area contributed by atoms with Crippen molar-refractivity contribution in [1.29, 1.82) is 0 Å². The van der Waals surface area contributed by atoms with Gasteiger partial charge in [-0.3, -0.25) is 9.59 Å². The number of fused-ring (bicyclic) bond motifs is 6. The molecule has 10 atom stereocenters. The highest BCUT2D eigenvalue weighted by Crippen LogP contribution is 2.50. The van der Waals surface area contributed by atoms with Gasteiger partial charge in [-0.2, -0.15) is 0 Å². The van der Waals surface area contributed by atoms with Crippen molar-refractivity contribution in [1.82, 2.24) is 0 Å². The van der Waals surface area contributed by atoms with Crippen molar-refractivity contribution in [3.05, 3.63) is 35.5 Å². The molecule has 0 aromatic carbocycles. The zero-order valence-electron chi connectivity index (χ0n) is 34.0. The van der Waals surface area contributed by atoms with Crippen LogP contribution in [0.2, 0.25) is 0 Å². The van der Waals surface area contributed by atoms with Gasteiger partial charge in [0.05, 0.1) is 62.7 Å². The molecular weight excluding hydrogens is 732 g/mol. The number of methoxy groups -OCH3 is 2. The van der Waals surface area contributed by atoms with Crippen molar-refractivity contribution >= 4 is 23.9 Å². The van der Waals surface area contributed by atoms with Crippen molar-refractivity contribution < 1.29 is 72.8 Å². The zero-order chi connectivity index (χ0) is 41.6. The number of hydrogen-bond donors (Lipinski definition) is 4. The maximum Gasteiger partial charge on any atom is 0.330 e. The highest BCUT2D eigenvalue weighted by atomic mass is 16.6. The quantitative estimate of drug-likeness (QED) is 0.131. The van der Waals surface area contributed by atoms with E-state index in [-0.39, 0.29) is 57.8 Å². The first-order chi connectivity index (χ1) is 26.1. The first-order valence-electron chi connectivity index (χ1n) is 19.6. The van der Waals surface area contributed by atoms with E-state index in [0.717, 1.165) is 0 Å². The van der Waals surface area contributed by atoms with E-state index >= 15 is 0 Å². The van der Waals surface area contributed by atoms with Gasteiger partial charge < -0.3 is 53.6 Å². The number of carbonyl (C=O) groups is 4. The number of aliphatic hydroxyl groups excluding tert-OH is 2. The molecule has 6 bridgehead atoms. The van der Waals surface area contributed by atoms with Crippen LogP contribution < -0.4 is 0 Å². The van der Waals surface area contributed by atoms with Gasteiger partial charge in [-0.15, -0.1) is 0 Å². The van der Waals surface area contributed by atoms with Crippen molar-refractivity contribution in [2.75, 3.05) is 14.2 Å². The minimum Gasteiger partial charge on any atom is -0.466 e. The smallest absolute Gasteiger partial charge is 0.330 e. The monoisotopic (exact) mass is 794 g/mol. The summed E-state index contributed by atoms with van der Waals surface area (Å²) in [4.78, 5) is 50.9. The van der Waals surface area contributed by atoms with Gasteiger partial charge in [0.1, 0.15) is 12.2 Å². The maximum absolute atomic E-state index is 13.3. The Morgan fingerprint density at radius 2 is 1.52 bits per heavy atom. The summed E-state index contributed by atoms with van der Waals surface area (Å²) in [6.07, 6.45) is -0.748. The van der Waals surface area contributed by atoms with Crippen LogP contribution in [0.5, 0.6) is 0 Å². The molecule has 3 saturated heterocycles. The molecule has 4 aliphatic rings. The van der Waals surface area contributed by atoms with Crippen molar-refractivity contribution in [2.24, 2.45) is 10.8 Å². The van der Waals surface area contributed by atoms with Crippen molar-refractivity contribution in [2.45, 2.75) is 173 Å². The summed E-state index contributed by atoms with van der Waals surface area (Å²) < 4.78 is 40.7. The van der Waals surface area contributed by atoms with Gasteiger partial charge in [-0.25, -0.2) is 9.59 Å². The van der Waals surface area contributed by atoms with Gasteiger partial charge in [0.15, 0.2) is 11.6 Å². The van der Waals surface area contributed by atoms with Crippen LogP contribution in [0.25, 0.3) is 0 Å². The maximum atomic E-state index is 13.3. The average Bonchev–Trinajstić information content (AvgIpc) is 3.08. The third-order valence-electron chi connectivity index (χ3n) is 11.6. The molecule has 15 nitrogen and oxygen atoms in total. The first-order valence-corrected chi connectivity index (χ1v) is 19.6. The Labute approximate surface area is 329 Å². The summed E-state index contributed by atoms with van der Waals surface area (Å²) >= 11 is 0. The molecule has 4 aliphatic heterocycles. The second-order valence-electron chi connectivity index (χ2n) is 16.9. The van der Waals surface area contributed by atoms with E-state index < -0.39 is 102 Å². The van der Waals surface area contributed by atoms with E-state index in [9.17, 15) is 39.6 Å². The number of ether oxygens (including phenoxy) is 7. The average molecular weight is 795 g/mol. The molecule has 4 heterocycles. The van der Waals surface area contributed by atoms with Crippen LogP contribution in [0, 0.1) is 10.8 Å². The van der Waals surface area contributed by atoms with Gasteiger partial charge in [-0.05, 0) is 32.6 Å². The summed E-state index contributed by atoms with van der Waals surface area (Å²) in [6, 6.07) is 0. The van der Waals surface area contributed by atoms with E-state index in [4.69, 9.17) is 33.2 Å². The molecule has 316 valence electrons. The Morgan fingerprint density at radius 1 is 0.893 bits per heavy atom. The fourth-order valence-electron chi connectivity index (χ4n) is 7.95. The lowest BCUT2D eigenvalue weighted by Gasteiger charge is -2.53. The Morgan fingerprint density at radius 3 is 2.14 bits per heavy atom. The van der Waals surface area contributed by atoms with Crippen LogP contribution in [-0.4, -0.2) is 119 Å². The predicted octanol–water partition coefficient (Wildman–Crippen LogP) is 3.63. The minimum absolute atomic E-state index is 0.0616. The lowest BCUT2D eigenvalue weighted by Crippen LogP contribution is -2.62. The summed E-state index contributed by atoms with van der Waals surface area (Å²) in [5.74, 6) is -6.35. The third kappa shape index (κ3) is 11.3. The van der Waals surface area contributed by atoms with Crippen molar-refractivity contribution in [3.8, 4) is 0 Å². The second kappa shape index (κ2) is 18.6. The Balaban J connectivity index is 1.80. The van der Waals surface area contributed by atoms with E-state index in [0.29, 0.717) is 17.6 Å². The van der Waals surface area contributed by atoms with Gasteiger partial charge in [0.2, 0.25) is 0 Å². The zero-order valence-corrected chi connectivity index (χ0v) is 34.0. The number of esters is 4. The fourth-order valence-corrected chi connectivity index (χ4v) is 7.95. The Kier molecular flexibility index (Phi) is 15.1. The molecule has 0 aliphatic carbocycles. The molecule has 4 N–H and O–H groups in total. The molecule has 0 saturated carbocycles. The summed E-state index contributed by atoms with van der Waals surface area (Å²) in [5, 5.41) is 46.6. The first kappa shape index (κ1) is 45.5. The van der Waals surface area contributed by atoms with Gasteiger partial charge in [-0.1, -0.05) is 57.9 Å². The Hall–Kier alpha value is -3.18.